The monoisotopic (exact) mass is 303 g/mol. The zero-order valence-corrected chi connectivity index (χ0v) is 14.6. The van der Waals surface area contributed by atoms with Gasteiger partial charge in [-0.3, -0.25) is 4.84 Å². The Bertz CT molecular complexity index is 536. The number of nitrogens with zero attached hydrogens (tertiary/aromatic N) is 1. The molecule has 0 N–H and O–H groups in total. The first kappa shape index (κ1) is 15.8. The van der Waals surface area contributed by atoms with Gasteiger partial charge in [0.2, 0.25) is 0 Å². The Hall–Kier alpha value is -1.06. The number of hydrogen-bond acceptors (Lipinski definition) is 3. The Kier molecular flexibility index (Phi) is 3.77. The van der Waals surface area contributed by atoms with Gasteiger partial charge in [0.25, 0.3) is 0 Å². The predicted molar refractivity (Wildman–Crippen MR) is 89.1 cm³/mol. The second-order valence-electron chi connectivity index (χ2n) is 8.39. The van der Waals surface area contributed by atoms with Crippen molar-refractivity contribution in [3.63, 3.8) is 0 Å². The van der Waals surface area contributed by atoms with Crippen LogP contribution >= 0.6 is 0 Å². The highest BCUT2D eigenvalue weighted by atomic mass is 16.7. The average Bonchev–Trinajstić information content (AvgIpc) is 2.75. The second-order valence-corrected chi connectivity index (χ2v) is 8.39. The van der Waals surface area contributed by atoms with E-state index >= 15 is 0 Å². The number of benzene rings is 1. The molecule has 0 bridgehead atoms. The van der Waals surface area contributed by atoms with Crippen LogP contribution in [0.1, 0.15) is 59.4 Å². The quantitative estimate of drug-likeness (QED) is 0.830. The first-order valence-electron chi connectivity index (χ1n) is 8.40. The van der Waals surface area contributed by atoms with Gasteiger partial charge in [0.05, 0.1) is 12.0 Å². The van der Waals surface area contributed by atoms with Gasteiger partial charge in [0.15, 0.2) is 0 Å². The minimum atomic E-state index is -0.0692. The Balaban J connectivity index is 1.77. The summed E-state index contributed by atoms with van der Waals surface area (Å²) in [5.74, 6) is 1.01. The van der Waals surface area contributed by atoms with E-state index in [0.29, 0.717) is 13.2 Å². The summed E-state index contributed by atoms with van der Waals surface area (Å²) in [6.07, 6.45) is 3.63. The smallest absolute Gasteiger partial charge is 0.123 e. The summed E-state index contributed by atoms with van der Waals surface area (Å²) >= 11 is 0. The maximum absolute atomic E-state index is 6.41. The average molecular weight is 303 g/mol. The fraction of sp³-hybridized carbons (Fsp3) is 0.684. The van der Waals surface area contributed by atoms with E-state index in [0.717, 1.165) is 5.75 Å². The number of para-hydroxylation sites is 1. The third-order valence-electron chi connectivity index (χ3n) is 5.27. The molecule has 3 heteroatoms. The Labute approximate surface area is 134 Å². The summed E-state index contributed by atoms with van der Waals surface area (Å²) in [6, 6.07) is 8.33. The molecule has 122 valence electrons. The van der Waals surface area contributed by atoms with E-state index in [1.54, 1.807) is 0 Å². The minimum absolute atomic E-state index is 0.0692. The van der Waals surface area contributed by atoms with E-state index < -0.39 is 0 Å². The number of ether oxygens (including phenoxy) is 1. The molecule has 0 radical (unpaired) electrons. The van der Waals surface area contributed by atoms with Crippen LogP contribution in [0.25, 0.3) is 0 Å². The van der Waals surface area contributed by atoms with E-state index in [1.165, 1.54) is 24.8 Å². The predicted octanol–water partition coefficient (Wildman–Crippen LogP) is 4.31. The highest BCUT2D eigenvalue weighted by Crippen LogP contribution is 2.42. The molecular weight excluding hydrogens is 274 g/mol. The van der Waals surface area contributed by atoms with Gasteiger partial charge >= 0.3 is 0 Å². The molecular formula is C19H29NO2. The van der Waals surface area contributed by atoms with Gasteiger partial charge in [-0.25, -0.2) is 0 Å². The highest BCUT2D eigenvalue weighted by Gasteiger charge is 2.45. The lowest BCUT2D eigenvalue weighted by molar-refractivity contribution is -0.287. The Morgan fingerprint density at radius 2 is 1.68 bits per heavy atom. The minimum Gasteiger partial charge on any atom is -0.492 e. The third-order valence-corrected chi connectivity index (χ3v) is 5.27. The molecule has 1 saturated heterocycles. The van der Waals surface area contributed by atoms with E-state index in [9.17, 15) is 0 Å². The molecule has 0 spiro atoms. The fourth-order valence-corrected chi connectivity index (χ4v) is 4.06. The molecule has 1 aromatic carbocycles. The van der Waals surface area contributed by atoms with Gasteiger partial charge in [-0.2, -0.15) is 5.06 Å². The molecule has 0 aromatic heterocycles. The third kappa shape index (κ3) is 2.65. The van der Waals surface area contributed by atoms with Crippen LogP contribution in [0.4, 0.5) is 0 Å². The van der Waals surface area contributed by atoms with Crippen molar-refractivity contribution in [2.75, 3.05) is 13.2 Å². The molecule has 1 fully saturated rings. The Morgan fingerprint density at radius 3 is 2.36 bits per heavy atom. The molecule has 1 atom stereocenters. The van der Waals surface area contributed by atoms with Gasteiger partial charge in [0, 0.05) is 16.6 Å². The number of piperidine rings is 1. The summed E-state index contributed by atoms with van der Waals surface area (Å²) in [5.41, 5.74) is 1.36. The van der Waals surface area contributed by atoms with Crippen LogP contribution in [0, 0.1) is 0 Å². The lowest BCUT2D eigenvalue weighted by Gasteiger charge is -2.52. The summed E-state index contributed by atoms with van der Waals surface area (Å²) in [6.45, 7) is 12.7. The zero-order valence-electron chi connectivity index (χ0n) is 14.6. The van der Waals surface area contributed by atoms with Crippen LogP contribution in [0.15, 0.2) is 24.3 Å². The first-order chi connectivity index (χ1) is 10.2. The topological polar surface area (TPSA) is 21.7 Å². The largest absolute Gasteiger partial charge is 0.492 e. The molecule has 1 unspecified atom stereocenters. The Morgan fingerprint density at radius 1 is 1.05 bits per heavy atom. The van der Waals surface area contributed by atoms with Gasteiger partial charge in [-0.1, -0.05) is 18.2 Å². The standard InChI is InChI=1S/C19H29NO2/c1-17(2)11-8-12-18(3,4)20(17)22-14-19(5)13-21-16-10-7-6-9-15(16)19/h6-7,9-10H,8,11-14H2,1-5H3. The molecule has 0 saturated carbocycles. The van der Waals surface area contributed by atoms with Crippen LogP contribution in [-0.2, 0) is 10.3 Å². The first-order valence-corrected chi connectivity index (χ1v) is 8.40. The van der Waals surface area contributed by atoms with Gasteiger partial charge < -0.3 is 4.74 Å². The number of rotatable bonds is 3. The van der Waals surface area contributed by atoms with Crippen molar-refractivity contribution >= 4 is 0 Å². The van der Waals surface area contributed by atoms with Crippen molar-refractivity contribution in [1.29, 1.82) is 0 Å². The lowest BCUT2D eigenvalue weighted by Crippen LogP contribution is -2.59. The van der Waals surface area contributed by atoms with E-state index in [2.05, 4.69) is 57.9 Å². The van der Waals surface area contributed by atoms with Crippen LogP contribution in [0.2, 0.25) is 0 Å². The van der Waals surface area contributed by atoms with Crippen LogP contribution in [0.3, 0.4) is 0 Å². The van der Waals surface area contributed by atoms with Gasteiger partial charge in [-0.05, 0) is 59.9 Å². The highest BCUT2D eigenvalue weighted by molar-refractivity contribution is 5.43. The summed E-state index contributed by atoms with van der Waals surface area (Å²) < 4.78 is 5.86. The molecule has 3 rings (SSSR count). The van der Waals surface area contributed by atoms with Crippen molar-refractivity contribution in [1.82, 2.24) is 5.06 Å². The number of fused-ring (bicyclic) bond motifs is 1. The molecule has 3 nitrogen and oxygen atoms in total. The zero-order chi connectivity index (χ0) is 16.0. The van der Waals surface area contributed by atoms with E-state index in [1.807, 2.05) is 6.07 Å². The van der Waals surface area contributed by atoms with Crippen LogP contribution in [-0.4, -0.2) is 29.4 Å². The van der Waals surface area contributed by atoms with Crippen LogP contribution < -0.4 is 4.74 Å². The molecule has 22 heavy (non-hydrogen) atoms. The van der Waals surface area contributed by atoms with E-state index in [4.69, 9.17) is 9.57 Å². The molecule has 1 aromatic rings. The molecule has 2 heterocycles. The van der Waals surface area contributed by atoms with Crippen molar-refractivity contribution in [3.05, 3.63) is 29.8 Å². The van der Waals surface area contributed by atoms with Crippen molar-refractivity contribution in [3.8, 4) is 5.75 Å². The van der Waals surface area contributed by atoms with Gasteiger partial charge in [0.1, 0.15) is 12.4 Å². The molecule has 2 aliphatic rings. The molecule has 2 aliphatic heterocycles. The summed E-state index contributed by atoms with van der Waals surface area (Å²) in [5, 5.41) is 2.25. The molecule has 0 aliphatic carbocycles. The summed E-state index contributed by atoms with van der Waals surface area (Å²) in [7, 11) is 0. The fourth-order valence-electron chi connectivity index (χ4n) is 4.06. The number of hydrogen-bond donors (Lipinski definition) is 0. The van der Waals surface area contributed by atoms with Crippen molar-refractivity contribution in [2.24, 2.45) is 0 Å². The second kappa shape index (κ2) is 5.24. The lowest BCUT2D eigenvalue weighted by atomic mass is 9.82. The maximum Gasteiger partial charge on any atom is 0.123 e. The maximum atomic E-state index is 6.41. The molecule has 0 amide bonds. The van der Waals surface area contributed by atoms with Gasteiger partial charge in [-0.15, -0.1) is 0 Å². The van der Waals surface area contributed by atoms with E-state index in [-0.39, 0.29) is 16.5 Å². The number of hydroxylamine groups is 2. The summed E-state index contributed by atoms with van der Waals surface area (Å²) in [4.78, 5) is 6.41. The van der Waals surface area contributed by atoms with Crippen LogP contribution in [0.5, 0.6) is 5.75 Å². The van der Waals surface area contributed by atoms with Crippen molar-refractivity contribution < 1.29 is 9.57 Å². The van der Waals surface area contributed by atoms with Crippen molar-refractivity contribution in [2.45, 2.75) is 70.4 Å². The SMILES string of the molecule is CC1(CON2C(C)(C)CCCC2(C)C)COc2ccccc21. The normalized spacial score (nSPS) is 29.9.